The average molecular weight is 278 g/mol. The second kappa shape index (κ2) is 6.38. The molecule has 0 saturated carbocycles. The Morgan fingerprint density at radius 2 is 1.95 bits per heavy atom. The molecule has 4 nitrogen and oxygen atoms in total. The first-order valence-corrected chi connectivity index (χ1v) is 6.42. The molecule has 0 aliphatic heterocycles. The van der Waals surface area contributed by atoms with Crippen LogP contribution in [-0.2, 0) is 6.42 Å². The maximum Gasteiger partial charge on any atom is 0.221 e. The zero-order valence-corrected chi connectivity index (χ0v) is 11.7. The number of benzene rings is 1. The number of nitrogens with zero attached hydrogens (tertiary/aromatic N) is 2. The smallest absolute Gasteiger partial charge is 0.221 e. The van der Waals surface area contributed by atoms with Crippen LogP contribution < -0.4 is 10.1 Å². The summed E-state index contributed by atoms with van der Waals surface area (Å²) in [6, 6.07) is 7.85. The second-order valence-electron chi connectivity index (χ2n) is 4.16. The van der Waals surface area contributed by atoms with Crippen LogP contribution in [0.15, 0.2) is 30.6 Å². The highest BCUT2D eigenvalue weighted by Gasteiger charge is 2.06. The highest BCUT2D eigenvalue weighted by Crippen LogP contribution is 2.19. The third kappa shape index (κ3) is 3.58. The Morgan fingerprint density at radius 3 is 2.63 bits per heavy atom. The first-order chi connectivity index (χ1) is 9.20. The Bertz CT molecular complexity index is 543. The Morgan fingerprint density at radius 1 is 1.21 bits per heavy atom. The number of hydrogen-bond acceptors (Lipinski definition) is 4. The van der Waals surface area contributed by atoms with E-state index in [1.165, 1.54) is 11.9 Å². The summed E-state index contributed by atoms with van der Waals surface area (Å²) in [7, 11) is 1.60. The van der Waals surface area contributed by atoms with E-state index in [4.69, 9.17) is 16.3 Å². The number of methoxy groups -OCH3 is 1. The monoisotopic (exact) mass is 277 g/mol. The van der Waals surface area contributed by atoms with Gasteiger partial charge in [0, 0.05) is 11.6 Å². The van der Waals surface area contributed by atoms with Crippen LogP contribution >= 0.6 is 11.6 Å². The van der Waals surface area contributed by atoms with Crippen LogP contribution in [0.3, 0.4) is 0 Å². The summed E-state index contributed by atoms with van der Waals surface area (Å²) in [4.78, 5) is 8.25. The van der Waals surface area contributed by atoms with E-state index in [1.807, 2.05) is 31.2 Å². The fraction of sp³-hybridized carbons (Fsp3) is 0.286. The first-order valence-electron chi connectivity index (χ1n) is 6.04. The summed E-state index contributed by atoms with van der Waals surface area (Å²) in [5.74, 6) is 1.41. The largest absolute Gasteiger partial charge is 0.481 e. The average Bonchev–Trinajstić information content (AvgIpc) is 2.43. The maximum absolute atomic E-state index is 5.85. The molecule has 0 unspecified atom stereocenters. The number of rotatable bonds is 5. The lowest BCUT2D eigenvalue weighted by Crippen LogP contribution is -2.08. The van der Waals surface area contributed by atoms with Gasteiger partial charge in [-0.2, -0.15) is 0 Å². The van der Waals surface area contributed by atoms with Crippen LogP contribution in [0.1, 0.15) is 11.1 Å². The predicted molar refractivity (Wildman–Crippen MR) is 77.0 cm³/mol. The summed E-state index contributed by atoms with van der Waals surface area (Å²) >= 11 is 5.85. The molecule has 1 N–H and O–H groups in total. The number of anilines is 1. The van der Waals surface area contributed by atoms with Gasteiger partial charge in [0.25, 0.3) is 0 Å². The van der Waals surface area contributed by atoms with Gasteiger partial charge >= 0.3 is 0 Å². The summed E-state index contributed by atoms with van der Waals surface area (Å²) in [5.41, 5.74) is 2.15. The minimum absolute atomic E-state index is 0.601. The van der Waals surface area contributed by atoms with Crippen molar-refractivity contribution in [2.75, 3.05) is 19.0 Å². The Balaban J connectivity index is 1.94. The molecule has 0 fully saturated rings. The van der Waals surface area contributed by atoms with Gasteiger partial charge in [-0.25, -0.2) is 9.97 Å². The van der Waals surface area contributed by atoms with Gasteiger partial charge in [-0.3, -0.25) is 0 Å². The molecule has 0 aliphatic rings. The number of hydrogen-bond donors (Lipinski definition) is 1. The number of ether oxygens (including phenoxy) is 1. The Kier molecular flexibility index (Phi) is 4.58. The highest BCUT2D eigenvalue weighted by atomic mass is 35.5. The lowest BCUT2D eigenvalue weighted by molar-refractivity contribution is 0.393. The van der Waals surface area contributed by atoms with Gasteiger partial charge < -0.3 is 10.1 Å². The van der Waals surface area contributed by atoms with Gasteiger partial charge in [-0.05, 0) is 31.0 Å². The van der Waals surface area contributed by atoms with E-state index in [1.54, 1.807) is 7.11 Å². The molecule has 0 bridgehead atoms. The lowest BCUT2D eigenvalue weighted by atomic mass is 10.1. The lowest BCUT2D eigenvalue weighted by Gasteiger charge is -2.10. The number of halogens is 1. The van der Waals surface area contributed by atoms with Crippen molar-refractivity contribution < 1.29 is 4.74 Å². The van der Waals surface area contributed by atoms with E-state index in [0.717, 1.165) is 29.4 Å². The van der Waals surface area contributed by atoms with Crippen LogP contribution in [0.2, 0.25) is 5.02 Å². The van der Waals surface area contributed by atoms with Gasteiger partial charge in [-0.15, -0.1) is 0 Å². The van der Waals surface area contributed by atoms with Gasteiger partial charge in [0.1, 0.15) is 12.1 Å². The van der Waals surface area contributed by atoms with Crippen molar-refractivity contribution in [2.24, 2.45) is 0 Å². The minimum Gasteiger partial charge on any atom is -0.481 e. The van der Waals surface area contributed by atoms with Crippen molar-refractivity contribution in [3.05, 3.63) is 46.7 Å². The molecule has 0 spiro atoms. The highest BCUT2D eigenvalue weighted by molar-refractivity contribution is 6.30. The summed E-state index contributed by atoms with van der Waals surface area (Å²) in [6.07, 6.45) is 2.40. The van der Waals surface area contributed by atoms with Crippen molar-refractivity contribution in [3.8, 4) is 5.88 Å². The fourth-order valence-electron chi connectivity index (χ4n) is 1.79. The van der Waals surface area contributed by atoms with Crippen molar-refractivity contribution in [1.82, 2.24) is 9.97 Å². The first kappa shape index (κ1) is 13.6. The van der Waals surface area contributed by atoms with E-state index < -0.39 is 0 Å². The van der Waals surface area contributed by atoms with Crippen LogP contribution in [0.25, 0.3) is 0 Å². The van der Waals surface area contributed by atoms with E-state index in [0.29, 0.717) is 5.88 Å². The molecular weight excluding hydrogens is 262 g/mol. The molecule has 0 saturated heterocycles. The molecule has 0 aliphatic carbocycles. The summed E-state index contributed by atoms with van der Waals surface area (Å²) in [6.45, 7) is 2.73. The number of aromatic nitrogens is 2. The zero-order chi connectivity index (χ0) is 13.7. The molecule has 1 aromatic carbocycles. The van der Waals surface area contributed by atoms with Gasteiger partial charge in [-0.1, -0.05) is 23.7 Å². The molecule has 5 heteroatoms. The summed E-state index contributed by atoms with van der Waals surface area (Å²) < 4.78 is 5.16. The van der Waals surface area contributed by atoms with Gasteiger partial charge in [0.05, 0.1) is 12.7 Å². The van der Waals surface area contributed by atoms with Crippen molar-refractivity contribution >= 4 is 17.4 Å². The predicted octanol–water partition coefficient (Wildman–Crippen LogP) is 3.10. The zero-order valence-electron chi connectivity index (χ0n) is 11.0. The third-order valence-corrected chi connectivity index (χ3v) is 3.10. The normalized spacial score (nSPS) is 10.3. The van der Waals surface area contributed by atoms with Crippen LogP contribution in [-0.4, -0.2) is 23.6 Å². The molecule has 1 aromatic heterocycles. The molecule has 0 atom stereocenters. The van der Waals surface area contributed by atoms with E-state index in [-0.39, 0.29) is 0 Å². The molecule has 2 rings (SSSR count). The van der Waals surface area contributed by atoms with E-state index in [2.05, 4.69) is 15.3 Å². The van der Waals surface area contributed by atoms with E-state index >= 15 is 0 Å². The summed E-state index contributed by atoms with van der Waals surface area (Å²) in [5, 5.41) is 4.04. The molecule has 0 radical (unpaired) electrons. The van der Waals surface area contributed by atoms with Gasteiger partial charge in [0.15, 0.2) is 0 Å². The quantitative estimate of drug-likeness (QED) is 0.912. The molecule has 1 heterocycles. The SMILES string of the molecule is COc1ncnc(NCCc2ccc(Cl)cc2)c1C. The maximum atomic E-state index is 5.85. The minimum atomic E-state index is 0.601. The second-order valence-corrected chi connectivity index (χ2v) is 4.60. The van der Waals surface area contributed by atoms with Crippen LogP contribution in [0.5, 0.6) is 5.88 Å². The standard InChI is InChI=1S/C14H16ClN3O/c1-10-13(17-9-18-14(10)19-2)16-8-7-11-3-5-12(15)6-4-11/h3-6,9H,7-8H2,1-2H3,(H,16,17,18). The van der Waals surface area contributed by atoms with E-state index in [9.17, 15) is 0 Å². The third-order valence-electron chi connectivity index (χ3n) is 2.85. The molecular formula is C14H16ClN3O. The fourth-order valence-corrected chi connectivity index (χ4v) is 1.92. The van der Waals surface area contributed by atoms with Crippen LogP contribution in [0, 0.1) is 6.92 Å². The molecule has 19 heavy (non-hydrogen) atoms. The van der Waals surface area contributed by atoms with Crippen molar-refractivity contribution in [1.29, 1.82) is 0 Å². The molecule has 2 aromatic rings. The van der Waals surface area contributed by atoms with Crippen LogP contribution in [0.4, 0.5) is 5.82 Å². The molecule has 0 amide bonds. The van der Waals surface area contributed by atoms with Crippen molar-refractivity contribution in [2.45, 2.75) is 13.3 Å². The van der Waals surface area contributed by atoms with Crippen molar-refractivity contribution in [3.63, 3.8) is 0 Å². The molecule has 100 valence electrons. The Labute approximate surface area is 117 Å². The number of nitrogens with one attached hydrogen (secondary N) is 1. The Hall–Kier alpha value is -1.81. The van der Waals surface area contributed by atoms with Gasteiger partial charge in [0.2, 0.25) is 5.88 Å². The topological polar surface area (TPSA) is 47.0 Å².